The molecular formula is C18H20FNO3S. The molecule has 0 spiro atoms. The molecular weight excluding hydrogens is 329 g/mol. The van der Waals surface area contributed by atoms with E-state index in [-0.39, 0.29) is 17.0 Å². The minimum atomic E-state index is -0.306. The maximum Gasteiger partial charge on any atom is 0.233 e. The van der Waals surface area contributed by atoms with Crippen molar-refractivity contribution in [3.8, 4) is 11.5 Å². The van der Waals surface area contributed by atoms with Gasteiger partial charge in [-0.1, -0.05) is 0 Å². The Labute approximate surface area is 145 Å². The first-order valence-corrected chi connectivity index (χ1v) is 8.43. The molecule has 2 aromatic rings. The minimum absolute atomic E-state index is 0.0569. The van der Waals surface area contributed by atoms with E-state index in [0.717, 1.165) is 10.6 Å². The SMILES string of the molecule is COc1ccc(S[C@@H](C)C(=O)NCCOc2ccc(F)cc2)cc1. The number of rotatable bonds is 8. The number of ether oxygens (including phenoxy) is 2. The van der Waals surface area contributed by atoms with E-state index in [2.05, 4.69) is 5.32 Å². The zero-order valence-electron chi connectivity index (χ0n) is 13.6. The Morgan fingerprint density at radius 2 is 1.75 bits per heavy atom. The Bertz CT molecular complexity index is 646. The zero-order valence-corrected chi connectivity index (χ0v) is 14.4. The molecule has 2 rings (SSSR count). The van der Waals surface area contributed by atoms with Gasteiger partial charge in [-0.25, -0.2) is 4.39 Å². The Kier molecular flexibility index (Phi) is 6.93. The quantitative estimate of drug-likeness (QED) is 0.585. The fourth-order valence-electron chi connectivity index (χ4n) is 1.93. The van der Waals surface area contributed by atoms with Crippen molar-refractivity contribution < 1.29 is 18.7 Å². The summed E-state index contributed by atoms with van der Waals surface area (Å²) in [6.07, 6.45) is 0. The Balaban J connectivity index is 1.70. The van der Waals surface area contributed by atoms with Crippen molar-refractivity contribution in [3.05, 3.63) is 54.3 Å². The maximum atomic E-state index is 12.8. The van der Waals surface area contributed by atoms with Crippen molar-refractivity contribution in [2.75, 3.05) is 20.3 Å². The molecule has 0 unspecified atom stereocenters. The first-order valence-electron chi connectivity index (χ1n) is 7.55. The highest BCUT2D eigenvalue weighted by Gasteiger charge is 2.13. The van der Waals surface area contributed by atoms with Gasteiger partial charge in [-0.3, -0.25) is 4.79 Å². The Hall–Kier alpha value is -2.21. The summed E-state index contributed by atoms with van der Waals surface area (Å²) in [5, 5.41) is 2.61. The number of thioether (sulfide) groups is 1. The van der Waals surface area contributed by atoms with Crippen molar-refractivity contribution in [1.29, 1.82) is 0 Å². The van der Waals surface area contributed by atoms with E-state index in [0.29, 0.717) is 18.9 Å². The van der Waals surface area contributed by atoms with Crippen LogP contribution in [0.25, 0.3) is 0 Å². The number of carbonyl (C=O) groups is 1. The molecule has 128 valence electrons. The number of benzene rings is 2. The van der Waals surface area contributed by atoms with Crippen LogP contribution in [0.2, 0.25) is 0 Å². The third kappa shape index (κ3) is 5.77. The molecule has 1 N–H and O–H groups in total. The van der Waals surface area contributed by atoms with Crippen molar-refractivity contribution in [1.82, 2.24) is 5.32 Å². The topological polar surface area (TPSA) is 47.6 Å². The van der Waals surface area contributed by atoms with Gasteiger partial charge in [0.1, 0.15) is 23.9 Å². The van der Waals surface area contributed by atoms with Gasteiger partial charge in [-0.05, 0) is 55.5 Å². The normalized spacial score (nSPS) is 11.6. The van der Waals surface area contributed by atoms with Crippen molar-refractivity contribution >= 4 is 17.7 Å². The second-order valence-electron chi connectivity index (χ2n) is 5.03. The number of carbonyl (C=O) groups excluding carboxylic acids is 1. The number of amides is 1. The molecule has 0 saturated carbocycles. The fourth-order valence-corrected chi connectivity index (χ4v) is 2.82. The van der Waals surface area contributed by atoms with E-state index in [1.54, 1.807) is 19.2 Å². The highest BCUT2D eigenvalue weighted by atomic mass is 32.2. The van der Waals surface area contributed by atoms with E-state index in [4.69, 9.17) is 9.47 Å². The lowest BCUT2D eigenvalue weighted by molar-refractivity contribution is -0.120. The van der Waals surface area contributed by atoms with Gasteiger partial charge in [-0.15, -0.1) is 11.8 Å². The lowest BCUT2D eigenvalue weighted by Gasteiger charge is -2.13. The molecule has 2 aromatic carbocycles. The second-order valence-corrected chi connectivity index (χ2v) is 6.44. The number of halogens is 1. The van der Waals surface area contributed by atoms with Crippen LogP contribution in [-0.4, -0.2) is 31.4 Å². The molecule has 24 heavy (non-hydrogen) atoms. The van der Waals surface area contributed by atoms with Crippen LogP contribution in [0.4, 0.5) is 4.39 Å². The third-order valence-electron chi connectivity index (χ3n) is 3.23. The van der Waals surface area contributed by atoms with E-state index >= 15 is 0 Å². The number of hydrogen-bond acceptors (Lipinski definition) is 4. The van der Waals surface area contributed by atoms with E-state index in [9.17, 15) is 9.18 Å². The smallest absolute Gasteiger partial charge is 0.233 e. The molecule has 0 fully saturated rings. The van der Waals surface area contributed by atoms with Gasteiger partial charge in [0.2, 0.25) is 5.91 Å². The summed E-state index contributed by atoms with van der Waals surface area (Å²) >= 11 is 1.48. The van der Waals surface area contributed by atoms with Gasteiger partial charge >= 0.3 is 0 Å². The fraction of sp³-hybridized carbons (Fsp3) is 0.278. The summed E-state index contributed by atoms with van der Waals surface area (Å²) < 4.78 is 23.3. The van der Waals surface area contributed by atoms with Gasteiger partial charge in [0, 0.05) is 4.90 Å². The third-order valence-corrected chi connectivity index (χ3v) is 4.34. The van der Waals surface area contributed by atoms with Crippen LogP contribution in [0.5, 0.6) is 11.5 Å². The van der Waals surface area contributed by atoms with Crippen molar-refractivity contribution in [3.63, 3.8) is 0 Å². The van der Waals surface area contributed by atoms with E-state index < -0.39 is 0 Å². The van der Waals surface area contributed by atoms with Crippen LogP contribution < -0.4 is 14.8 Å². The summed E-state index contributed by atoms with van der Waals surface area (Å²) in [7, 11) is 1.62. The van der Waals surface area contributed by atoms with Crippen LogP contribution in [-0.2, 0) is 4.79 Å². The Morgan fingerprint density at radius 3 is 2.38 bits per heavy atom. The summed E-state index contributed by atoms with van der Waals surface area (Å²) in [5.74, 6) is 0.999. The second kappa shape index (κ2) is 9.17. The average molecular weight is 349 g/mol. The number of hydrogen-bond donors (Lipinski definition) is 1. The van der Waals surface area contributed by atoms with Crippen LogP contribution in [0.3, 0.4) is 0 Å². The predicted octanol–water partition coefficient (Wildman–Crippen LogP) is 3.51. The predicted molar refractivity (Wildman–Crippen MR) is 93.2 cm³/mol. The molecule has 4 nitrogen and oxygen atoms in total. The van der Waals surface area contributed by atoms with Crippen molar-refractivity contribution in [2.45, 2.75) is 17.1 Å². The molecule has 6 heteroatoms. The maximum absolute atomic E-state index is 12.8. The summed E-state index contributed by atoms with van der Waals surface area (Å²) in [6.45, 7) is 2.58. The van der Waals surface area contributed by atoms with Gasteiger partial charge in [0.05, 0.1) is 18.9 Å². The molecule has 1 atom stereocenters. The lowest BCUT2D eigenvalue weighted by Crippen LogP contribution is -2.33. The molecule has 0 aliphatic rings. The molecule has 0 heterocycles. The monoisotopic (exact) mass is 349 g/mol. The molecule has 1 amide bonds. The highest BCUT2D eigenvalue weighted by Crippen LogP contribution is 2.25. The molecule has 0 saturated heterocycles. The van der Waals surface area contributed by atoms with Crippen LogP contribution in [0.1, 0.15) is 6.92 Å². The first kappa shape index (κ1) is 18.1. The Morgan fingerprint density at radius 1 is 1.12 bits per heavy atom. The summed E-state index contributed by atoms with van der Waals surface area (Å²) in [5.41, 5.74) is 0. The lowest BCUT2D eigenvalue weighted by atomic mass is 10.3. The van der Waals surface area contributed by atoms with E-state index in [1.807, 2.05) is 31.2 Å². The molecule has 0 aliphatic carbocycles. The highest BCUT2D eigenvalue weighted by molar-refractivity contribution is 8.00. The van der Waals surface area contributed by atoms with Gasteiger partial charge < -0.3 is 14.8 Å². The summed E-state index contributed by atoms with van der Waals surface area (Å²) in [6, 6.07) is 13.4. The molecule has 0 bridgehead atoms. The average Bonchev–Trinajstić information content (AvgIpc) is 2.60. The van der Waals surface area contributed by atoms with Crippen LogP contribution in [0.15, 0.2) is 53.4 Å². The van der Waals surface area contributed by atoms with Gasteiger partial charge in [0.15, 0.2) is 0 Å². The minimum Gasteiger partial charge on any atom is -0.497 e. The molecule has 0 aliphatic heterocycles. The van der Waals surface area contributed by atoms with E-state index in [1.165, 1.54) is 23.9 Å². The first-order chi connectivity index (χ1) is 11.6. The number of nitrogens with one attached hydrogen (secondary N) is 1. The molecule has 0 aromatic heterocycles. The van der Waals surface area contributed by atoms with Crippen LogP contribution >= 0.6 is 11.8 Å². The summed E-state index contributed by atoms with van der Waals surface area (Å²) in [4.78, 5) is 13.1. The van der Waals surface area contributed by atoms with Gasteiger partial charge in [-0.2, -0.15) is 0 Å². The van der Waals surface area contributed by atoms with Crippen LogP contribution in [0, 0.1) is 5.82 Å². The largest absolute Gasteiger partial charge is 0.497 e. The standard InChI is InChI=1S/C18H20FNO3S/c1-13(24-17-9-7-15(22-2)8-10-17)18(21)20-11-12-23-16-5-3-14(19)4-6-16/h3-10,13H,11-12H2,1-2H3,(H,20,21)/t13-/m0/s1. The zero-order chi connectivity index (χ0) is 17.4. The van der Waals surface area contributed by atoms with Crippen molar-refractivity contribution in [2.24, 2.45) is 0 Å². The molecule has 0 radical (unpaired) electrons. The number of methoxy groups -OCH3 is 1. The van der Waals surface area contributed by atoms with Gasteiger partial charge in [0.25, 0.3) is 0 Å².